The van der Waals surface area contributed by atoms with Crippen molar-refractivity contribution in [3.8, 4) is 0 Å². The highest BCUT2D eigenvalue weighted by Gasteiger charge is 2.14. The minimum absolute atomic E-state index is 0.522. The molecule has 1 atom stereocenters. The Morgan fingerprint density at radius 1 is 1.35 bits per heavy atom. The molecule has 0 amide bonds. The molecule has 0 aromatic heterocycles. The first-order valence-corrected chi connectivity index (χ1v) is 7.20. The maximum absolute atomic E-state index is 5.78. The van der Waals surface area contributed by atoms with Crippen molar-refractivity contribution in [3.63, 3.8) is 0 Å². The number of rotatable bonds is 4. The van der Waals surface area contributed by atoms with Crippen LogP contribution in [0.2, 0.25) is 0 Å². The molecule has 1 aromatic rings. The number of anilines is 1. The fourth-order valence-electron chi connectivity index (χ4n) is 1.66. The van der Waals surface area contributed by atoms with Gasteiger partial charge in [-0.2, -0.15) is 0 Å². The van der Waals surface area contributed by atoms with Gasteiger partial charge in [0.05, 0.1) is 17.3 Å². The molecule has 0 radical (unpaired) electrons. The quantitative estimate of drug-likeness (QED) is 0.649. The van der Waals surface area contributed by atoms with Gasteiger partial charge >= 0.3 is 0 Å². The molecule has 2 rings (SSSR count). The van der Waals surface area contributed by atoms with Crippen LogP contribution in [0.3, 0.4) is 0 Å². The summed E-state index contributed by atoms with van der Waals surface area (Å²) >= 11 is 7.40. The average Bonchev–Trinajstić information content (AvgIpc) is 2.87. The Morgan fingerprint density at radius 2 is 2.06 bits per heavy atom. The van der Waals surface area contributed by atoms with E-state index < -0.39 is 0 Å². The van der Waals surface area contributed by atoms with E-state index in [1.165, 1.54) is 12.0 Å². The fraction of sp³-hybridized carbons (Fsp3) is 0.385. The molecule has 92 valence electrons. The highest BCUT2D eigenvalue weighted by atomic mass is 35.5. The molecule has 4 heteroatoms. The zero-order valence-electron chi connectivity index (χ0n) is 10.1. The SMILES string of the molecule is CCC(C)c1ccc(N2NC(CCl)=CS2)cc1. The lowest BCUT2D eigenvalue weighted by molar-refractivity contribution is 0.733. The standard InChI is InChI=1S/C13H17ClN2S/c1-3-10(2)11-4-6-13(7-5-11)16-15-12(8-14)9-17-16/h4-7,9-10,15H,3,8H2,1-2H3. The Balaban J connectivity index is 2.04. The summed E-state index contributed by atoms with van der Waals surface area (Å²) in [7, 11) is 0. The summed E-state index contributed by atoms with van der Waals surface area (Å²) in [5.74, 6) is 1.15. The second-order valence-electron chi connectivity index (χ2n) is 4.19. The Kier molecular flexibility index (Phi) is 4.24. The molecule has 0 spiro atoms. The molecule has 0 fully saturated rings. The van der Waals surface area contributed by atoms with Crippen LogP contribution in [-0.2, 0) is 0 Å². The number of hydrazine groups is 1. The van der Waals surface area contributed by atoms with Crippen LogP contribution in [0.25, 0.3) is 0 Å². The monoisotopic (exact) mass is 268 g/mol. The summed E-state index contributed by atoms with van der Waals surface area (Å²) < 4.78 is 2.03. The molecular formula is C13H17ClN2S. The third-order valence-corrected chi connectivity index (χ3v) is 4.19. The molecule has 0 aliphatic carbocycles. The van der Waals surface area contributed by atoms with Crippen molar-refractivity contribution in [2.24, 2.45) is 0 Å². The first-order chi connectivity index (χ1) is 8.24. The van der Waals surface area contributed by atoms with E-state index >= 15 is 0 Å². The Morgan fingerprint density at radius 3 is 2.59 bits per heavy atom. The van der Waals surface area contributed by atoms with Gasteiger partial charge in [-0.25, -0.2) is 4.41 Å². The van der Waals surface area contributed by atoms with E-state index in [4.69, 9.17) is 11.6 Å². The van der Waals surface area contributed by atoms with Crippen molar-refractivity contribution in [2.45, 2.75) is 26.2 Å². The largest absolute Gasteiger partial charge is 0.290 e. The number of halogens is 1. The van der Waals surface area contributed by atoms with Gasteiger partial charge in [-0.3, -0.25) is 5.43 Å². The fourth-order valence-corrected chi connectivity index (χ4v) is 2.67. The Bertz CT molecular complexity index is 402. The maximum atomic E-state index is 5.78. The third kappa shape index (κ3) is 2.90. The first kappa shape index (κ1) is 12.7. The molecule has 1 N–H and O–H groups in total. The van der Waals surface area contributed by atoms with E-state index in [1.807, 2.05) is 9.82 Å². The molecule has 0 bridgehead atoms. The van der Waals surface area contributed by atoms with E-state index in [9.17, 15) is 0 Å². The lowest BCUT2D eigenvalue weighted by atomic mass is 9.99. The third-order valence-electron chi connectivity index (χ3n) is 3.00. The van der Waals surface area contributed by atoms with Crippen LogP contribution in [0.5, 0.6) is 0 Å². The van der Waals surface area contributed by atoms with Gasteiger partial charge in [0.15, 0.2) is 0 Å². The van der Waals surface area contributed by atoms with Gasteiger partial charge < -0.3 is 0 Å². The molecule has 2 nitrogen and oxygen atoms in total. The summed E-state index contributed by atoms with van der Waals surface area (Å²) in [6, 6.07) is 8.69. The van der Waals surface area contributed by atoms with Crippen LogP contribution < -0.4 is 9.84 Å². The van der Waals surface area contributed by atoms with Crippen molar-refractivity contribution in [1.82, 2.24) is 5.43 Å². The van der Waals surface area contributed by atoms with Gasteiger partial charge in [0, 0.05) is 17.4 Å². The summed E-state index contributed by atoms with van der Waals surface area (Å²) in [5, 5.41) is 2.04. The lowest BCUT2D eigenvalue weighted by Crippen LogP contribution is -2.26. The topological polar surface area (TPSA) is 15.3 Å². The second-order valence-corrected chi connectivity index (χ2v) is 5.27. The second kappa shape index (κ2) is 5.69. The maximum Gasteiger partial charge on any atom is 0.0704 e. The van der Waals surface area contributed by atoms with Crippen LogP contribution in [0.15, 0.2) is 35.4 Å². The van der Waals surface area contributed by atoms with Crippen molar-refractivity contribution in [2.75, 3.05) is 10.3 Å². The number of nitrogens with one attached hydrogen (secondary N) is 1. The van der Waals surface area contributed by atoms with Crippen molar-refractivity contribution < 1.29 is 0 Å². The van der Waals surface area contributed by atoms with Gasteiger partial charge in [0.25, 0.3) is 0 Å². The minimum Gasteiger partial charge on any atom is -0.290 e. The molecule has 1 aliphatic heterocycles. The summed E-state index contributed by atoms with van der Waals surface area (Å²) in [6.07, 6.45) is 1.17. The normalized spacial score (nSPS) is 16.6. The van der Waals surface area contributed by atoms with E-state index in [2.05, 4.69) is 43.5 Å². The number of allylic oxidation sites excluding steroid dienone is 1. The number of hydrogen-bond acceptors (Lipinski definition) is 3. The summed E-state index contributed by atoms with van der Waals surface area (Å²) in [6.45, 7) is 4.47. The molecule has 0 saturated carbocycles. The molecule has 17 heavy (non-hydrogen) atoms. The van der Waals surface area contributed by atoms with Crippen LogP contribution in [0.1, 0.15) is 31.7 Å². The molecule has 1 aromatic carbocycles. The van der Waals surface area contributed by atoms with E-state index in [-0.39, 0.29) is 0 Å². The number of hydrogen-bond donors (Lipinski definition) is 1. The zero-order chi connectivity index (χ0) is 12.3. The highest BCUT2D eigenvalue weighted by Crippen LogP contribution is 2.29. The Labute approximate surface area is 112 Å². The zero-order valence-corrected chi connectivity index (χ0v) is 11.7. The van der Waals surface area contributed by atoms with Crippen molar-refractivity contribution >= 4 is 29.2 Å². The van der Waals surface area contributed by atoms with Crippen LogP contribution in [0, 0.1) is 0 Å². The Hall–Kier alpha value is -0.800. The van der Waals surface area contributed by atoms with Gasteiger partial charge in [-0.1, -0.05) is 26.0 Å². The summed E-state index contributed by atoms with van der Waals surface area (Å²) in [5.41, 5.74) is 6.83. The van der Waals surface area contributed by atoms with Crippen LogP contribution >= 0.6 is 23.5 Å². The molecule has 1 unspecified atom stereocenters. The predicted octanol–water partition coefficient (Wildman–Crippen LogP) is 4.25. The van der Waals surface area contributed by atoms with Gasteiger partial charge in [-0.05, 0) is 30.0 Å². The minimum atomic E-state index is 0.522. The first-order valence-electron chi connectivity index (χ1n) is 5.83. The van der Waals surface area contributed by atoms with Gasteiger partial charge in [-0.15, -0.1) is 11.6 Å². The van der Waals surface area contributed by atoms with Crippen molar-refractivity contribution in [1.29, 1.82) is 0 Å². The lowest BCUT2D eigenvalue weighted by Gasteiger charge is -2.19. The molecular weight excluding hydrogens is 252 g/mol. The number of alkyl halides is 1. The molecule has 1 aliphatic rings. The van der Waals surface area contributed by atoms with E-state index in [0.717, 1.165) is 11.4 Å². The highest BCUT2D eigenvalue weighted by molar-refractivity contribution is 8.03. The summed E-state index contributed by atoms with van der Waals surface area (Å²) in [4.78, 5) is 0. The van der Waals surface area contributed by atoms with E-state index in [0.29, 0.717) is 11.8 Å². The van der Waals surface area contributed by atoms with Crippen LogP contribution in [0.4, 0.5) is 5.69 Å². The number of benzene rings is 1. The number of nitrogens with zero attached hydrogens (tertiary/aromatic N) is 1. The van der Waals surface area contributed by atoms with E-state index in [1.54, 1.807) is 11.9 Å². The molecule has 1 heterocycles. The average molecular weight is 269 g/mol. The van der Waals surface area contributed by atoms with Crippen LogP contribution in [-0.4, -0.2) is 5.88 Å². The molecule has 0 saturated heterocycles. The predicted molar refractivity (Wildman–Crippen MR) is 77.2 cm³/mol. The van der Waals surface area contributed by atoms with Gasteiger partial charge in [0.2, 0.25) is 0 Å². The smallest absolute Gasteiger partial charge is 0.0704 e. The van der Waals surface area contributed by atoms with Crippen molar-refractivity contribution in [3.05, 3.63) is 40.9 Å². The van der Waals surface area contributed by atoms with Gasteiger partial charge in [0.1, 0.15) is 0 Å².